The number of hydrogen-bond donors (Lipinski definition) is 0. The molecule has 0 aromatic heterocycles. The molecule has 2 aromatic carbocycles. The van der Waals surface area contributed by atoms with Crippen LogP contribution < -0.4 is 4.74 Å². The van der Waals surface area contributed by atoms with Crippen LogP contribution in [-0.4, -0.2) is 31.1 Å². The maximum Gasteiger partial charge on any atom is 0.119 e. The van der Waals surface area contributed by atoms with Crippen molar-refractivity contribution in [2.45, 2.75) is 31.7 Å². The van der Waals surface area contributed by atoms with Gasteiger partial charge in [-0.1, -0.05) is 34.5 Å². The van der Waals surface area contributed by atoms with Crippen LogP contribution in [0.3, 0.4) is 0 Å². The summed E-state index contributed by atoms with van der Waals surface area (Å²) < 4.78 is 7.07. The summed E-state index contributed by atoms with van der Waals surface area (Å²) in [6.45, 7) is 2.03. The van der Waals surface area contributed by atoms with Crippen LogP contribution >= 0.6 is 15.9 Å². The zero-order chi connectivity index (χ0) is 14.7. The Morgan fingerprint density at radius 2 is 1.95 bits per heavy atom. The Labute approximate surface area is 135 Å². The number of benzene rings is 2. The normalized spacial score (nSPS) is 19.8. The van der Waals surface area contributed by atoms with Crippen LogP contribution in [0.1, 0.15) is 25.7 Å². The maximum absolute atomic E-state index is 5.96. The lowest BCUT2D eigenvalue weighted by molar-refractivity contribution is 0.153. The van der Waals surface area contributed by atoms with E-state index in [0.29, 0.717) is 6.04 Å². The molecule has 1 unspecified atom stereocenters. The summed E-state index contributed by atoms with van der Waals surface area (Å²) in [5.41, 5.74) is 0. The summed E-state index contributed by atoms with van der Waals surface area (Å²) in [6.07, 6.45) is 5.13. The molecule has 2 aromatic rings. The molecule has 112 valence electrons. The number of halogens is 1. The summed E-state index contributed by atoms with van der Waals surface area (Å²) in [6, 6.07) is 13.4. The van der Waals surface area contributed by atoms with Gasteiger partial charge in [0, 0.05) is 10.5 Å². The molecule has 0 aliphatic carbocycles. The second-order valence-corrected chi connectivity index (χ2v) is 6.84. The monoisotopic (exact) mass is 347 g/mol. The zero-order valence-corrected chi connectivity index (χ0v) is 14.1. The average Bonchev–Trinajstić information content (AvgIpc) is 2.49. The largest absolute Gasteiger partial charge is 0.494 e. The highest BCUT2D eigenvalue weighted by Crippen LogP contribution is 2.24. The van der Waals surface area contributed by atoms with Crippen LogP contribution in [0.5, 0.6) is 5.75 Å². The predicted octanol–water partition coefficient (Wildman–Crippen LogP) is 4.86. The number of nitrogens with zero attached hydrogens (tertiary/aromatic N) is 1. The van der Waals surface area contributed by atoms with Gasteiger partial charge in [0.1, 0.15) is 5.75 Å². The van der Waals surface area contributed by atoms with Gasteiger partial charge in [0.15, 0.2) is 0 Å². The Morgan fingerprint density at radius 1 is 1.14 bits per heavy atom. The minimum absolute atomic E-state index is 0.690. The SMILES string of the molecule is CN1CCCCC1CCOc1ccc2cc(Br)ccc2c1. The molecule has 1 aliphatic rings. The fraction of sp³-hybridized carbons (Fsp3) is 0.444. The van der Waals surface area contributed by atoms with Gasteiger partial charge < -0.3 is 9.64 Å². The average molecular weight is 348 g/mol. The molecule has 2 nitrogen and oxygen atoms in total. The van der Waals surface area contributed by atoms with Gasteiger partial charge in [-0.15, -0.1) is 0 Å². The van der Waals surface area contributed by atoms with Gasteiger partial charge in [0.2, 0.25) is 0 Å². The van der Waals surface area contributed by atoms with Crippen molar-refractivity contribution in [3.63, 3.8) is 0 Å². The highest BCUT2D eigenvalue weighted by molar-refractivity contribution is 9.10. The third-order valence-corrected chi connectivity index (χ3v) is 4.91. The van der Waals surface area contributed by atoms with E-state index in [1.807, 2.05) is 0 Å². The fourth-order valence-corrected chi connectivity index (χ4v) is 3.48. The van der Waals surface area contributed by atoms with Crippen molar-refractivity contribution >= 4 is 26.7 Å². The standard InChI is InChI=1S/C18H22BrNO/c1-20-10-3-2-4-17(20)9-11-21-18-8-6-14-12-16(19)7-5-15(14)13-18/h5-8,12-13,17H,2-4,9-11H2,1H3. The number of ether oxygens (including phenoxy) is 1. The minimum Gasteiger partial charge on any atom is -0.494 e. The Morgan fingerprint density at radius 3 is 2.81 bits per heavy atom. The Hall–Kier alpha value is -1.06. The molecule has 1 heterocycles. The number of rotatable bonds is 4. The van der Waals surface area contributed by atoms with Gasteiger partial charge in [-0.2, -0.15) is 0 Å². The van der Waals surface area contributed by atoms with Gasteiger partial charge in [0.25, 0.3) is 0 Å². The van der Waals surface area contributed by atoms with E-state index in [-0.39, 0.29) is 0 Å². The highest BCUT2D eigenvalue weighted by atomic mass is 79.9. The van der Waals surface area contributed by atoms with Crippen LogP contribution in [0.25, 0.3) is 10.8 Å². The van der Waals surface area contributed by atoms with Crippen molar-refractivity contribution in [2.24, 2.45) is 0 Å². The van der Waals surface area contributed by atoms with E-state index in [4.69, 9.17) is 4.74 Å². The summed E-state index contributed by atoms with van der Waals surface area (Å²) in [5.74, 6) is 0.975. The van der Waals surface area contributed by atoms with E-state index in [1.165, 1.54) is 36.6 Å². The van der Waals surface area contributed by atoms with Crippen LogP contribution in [0.4, 0.5) is 0 Å². The van der Waals surface area contributed by atoms with Gasteiger partial charge in [-0.25, -0.2) is 0 Å². The summed E-state index contributed by atoms with van der Waals surface area (Å²) in [5, 5.41) is 2.47. The number of fused-ring (bicyclic) bond motifs is 1. The Balaban J connectivity index is 1.59. The topological polar surface area (TPSA) is 12.5 Å². The van der Waals surface area contributed by atoms with Crippen LogP contribution in [0, 0.1) is 0 Å². The van der Waals surface area contributed by atoms with E-state index in [1.54, 1.807) is 0 Å². The molecule has 21 heavy (non-hydrogen) atoms. The van der Waals surface area contributed by atoms with E-state index in [2.05, 4.69) is 64.3 Å². The smallest absolute Gasteiger partial charge is 0.119 e. The van der Waals surface area contributed by atoms with Gasteiger partial charge >= 0.3 is 0 Å². The van der Waals surface area contributed by atoms with Gasteiger partial charge in [0.05, 0.1) is 6.61 Å². The lowest BCUT2D eigenvalue weighted by Crippen LogP contribution is -2.37. The Kier molecular flexibility index (Phi) is 4.81. The molecule has 3 heteroatoms. The fourth-order valence-electron chi connectivity index (χ4n) is 3.11. The highest BCUT2D eigenvalue weighted by Gasteiger charge is 2.18. The predicted molar refractivity (Wildman–Crippen MR) is 92.0 cm³/mol. The summed E-state index contributed by atoms with van der Waals surface area (Å²) >= 11 is 3.51. The molecule has 1 saturated heterocycles. The summed E-state index contributed by atoms with van der Waals surface area (Å²) in [4.78, 5) is 2.48. The lowest BCUT2D eigenvalue weighted by Gasteiger charge is -2.32. The van der Waals surface area contributed by atoms with Crippen LogP contribution in [0.2, 0.25) is 0 Å². The Bertz CT molecular complexity index is 613. The summed E-state index contributed by atoms with van der Waals surface area (Å²) in [7, 11) is 2.23. The van der Waals surface area contributed by atoms with Crippen molar-refractivity contribution in [2.75, 3.05) is 20.2 Å². The molecule has 0 bridgehead atoms. The third kappa shape index (κ3) is 3.78. The van der Waals surface area contributed by atoms with E-state index in [9.17, 15) is 0 Å². The molecule has 1 atom stereocenters. The number of likely N-dealkylation sites (tertiary alicyclic amines) is 1. The first kappa shape index (κ1) is 14.9. The van der Waals surface area contributed by atoms with Crippen LogP contribution in [0.15, 0.2) is 40.9 Å². The molecule has 0 N–H and O–H groups in total. The first-order valence-electron chi connectivity index (χ1n) is 7.75. The first-order chi connectivity index (χ1) is 10.2. The lowest BCUT2D eigenvalue weighted by atomic mass is 10.0. The molecular weight excluding hydrogens is 326 g/mol. The third-order valence-electron chi connectivity index (χ3n) is 4.42. The molecule has 0 amide bonds. The molecular formula is C18H22BrNO. The van der Waals surface area contributed by atoms with Crippen LogP contribution in [-0.2, 0) is 0 Å². The second-order valence-electron chi connectivity index (χ2n) is 5.92. The van der Waals surface area contributed by atoms with Crippen molar-refractivity contribution in [1.29, 1.82) is 0 Å². The zero-order valence-electron chi connectivity index (χ0n) is 12.5. The quantitative estimate of drug-likeness (QED) is 0.783. The maximum atomic E-state index is 5.96. The van der Waals surface area contributed by atoms with Crippen molar-refractivity contribution in [3.05, 3.63) is 40.9 Å². The van der Waals surface area contributed by atoms with E-state index >= 15 is 0 Å². The molecule has 0 radical (unpaired) electrons. The molecule has 3 rings (SSSR count). The van der Waals surface area contributed by atoms with Crippen molar-refractivity contribution in [1.82, 2.24) is 4.90 Å². The van der Waals surface area contributed by atoms with Gasteiger partial charge in [-0.3, -0.25) is 0 Å². The van der Waals surface area contributed by atoms with E-state index < -0.39 is 0 Å². The minimum atomic E-state index is 0.690. The molecule has 0 saturated carbocycles. The van der Waals surface area contributed by atoms with Crippen molar-refractivity contribution in [3.8, 4) is 5.75 Å². The van der Waals surface area contributed by atoms with E-state index in [0.717, 1.165) is 23.2 Å². The second kappa shape index (κ2) is 6.80. The van der Waals surface area contributed by atoms with Crippen molar-refractivity contribution < 1.29 is 4.74 Å². The first-order valence-corrected chi connectivity index (χ1v) is 8.54. The molecule has 1 fully saturated rings. The number of hydrogen-bond acceptors (Lipinski definition) is 2. The molecule has 1 aliphatic heterocycles. The molecule has 0 spiro atoms. The van der Waals surface area contributed by atoms with Gasteiger partial charge in [-0.05, 0) is 67.9 Å². The number of piperidine rings is 1.